The highest BCUT2D eigenvalue weighted by Crippen LogP contribution is 2.24. The van der Waals surface area contributed by atoms with Gasteiger partial charge in [0.05, 0.1) is 18.9 Å². The van der Waals surface area contributed by atoms with Crippen LogP contribution >= 0.6 is 11.8 Å². The Morgan fingerprint density at radius 2 is 2.22 bits per heavy atom. The molecular formula is C16H19N3O3S. The van der Waals surface area contributed by atoms with Gasteiger partial charge in [0.15, 0.2) is 0 Å². The molecule has 2 aromatic rings. The first kappa shape index (κ1) is 16.0. The quantitative estimate of drug-likeness (QED) is 0.800. The van der Waals surface area contributed by atoms with Gasteiger partial charge in [0.25, 0.3) is 0 Å². The first-order chi connectivity index (χ1) is 11.1. The topological polar surface area (TPSA) is 68.5 Å². The minimum absolute atomic E-state index is 0.103. The highest BCUT2D eigenvalue weighted by Gasteiger charge is 2.28. The van der Waals surface area contributed by atoms with Crippen molar-refractivity contribution in [1.29, 1.82) is 0 Å². The number of morpholine rings is 1. The third-order valence-corrected chi connectivity index (χ3v) is 4.86. The van der Waals surface area contributed by atoms with Gasteiger partial charge in [-0.3, -0.25) is 4.79 Å². The average molecular weight is 333 g/mol. The summed E-state index contributed by atoms with van der Waals surface area (Å²) < 4.78 is 10.6. The molecular weight excluding hydrogens is 314 g/mol. The summed E-state index contributed by atoms with van der Waals surface area (Å²) >= 11 is 1.57. The van der Waals surface area contributed by atoms with Crippen molar-refractivity contribution in [2.45, 2.75) is 24.8 Å². The Balaban J connectivity index is 1.58. The SMILES string of the molecule is Cc1nc(C2CN(C(=O)CSc3ccccc3C)CCO2)no1. The lowest BCUT2D eigenvalue weighted by atomic mass is 10.2. The van der Waals surface area contributed by atoms with E-state index >= 15 is 0 Å². The van der Waals surface area contributed by atoms with E-state index in [9.17, 15) is 4.79 Å². The van der Waals surface area contributed by atoms with Crippen LogP contribution in [0.1, 0.15) is 23.4 Å². The molecule has 1 saturated heterocycles. The van der Waals surface area contributed by atoms with E-state index in [0.29, 0.717) is 37.2 Å². The van der Waals surface area contributed by atoms with Gasteiger partial charge in [-0.1, -0.05) is 23.4 Å². The van der Waals surface area contributed by atoms with Crippen molar-refractivity contribution >= 4 is 17.7 Å². The van der Waals surface area contributed by atoms with Crippen molar-refractivity contribution in [3.63, 3.8) is 0 Å². The van der Waals surface area contributed by atoms with Gasteiger partial charge in [-0.25, -0.2) is 0 Å². The van der Waals surface area contributed by atoms with Crippen LogP contribution < -0.4 is 0 Å². The molecule has 1 aromatic heterocycles. The molecule has 0 spiro atoms. The lowest BCUT2D eigenvalue weighted by Crippen LogP contribution is -2.43. The molecule has 7 heteroatoms. The van der Waals surface area contributed by atoms with Crippen LogP contribution in [0, 0.1) is 13.8 Å². The normalized spacial score (nSPS) is 18.2. The fraction of sp³-hybridized carbons (Fsp3) is 0.438. The Kier molecular flexibility index (Phi) is 4.97. The Hall–Kier alpha value is -1.86. The van der Waals surface area contributed by atoms with E-state index in [1.54, 1.807) is 18.7 Å². The van der Waals surface area contributed by atoms with E-state index in [-0.39, 0.29) is 12.0 Å². The lowest BCUT2D eigenvalue weighted by molar-refractivity contribution is -0.136. The van der Waals surface area contributed by atoms with E-state index in [1.807, 2.05) is 23.1 Å². The third kappa shape index (κ3) is 3.92. The summed E-state index contributed by atoms with van der Waals surface area (Å²) in [5.74, 6) is 1.53. The molecule has 2 heterocycles. The molecule has 0 aliphatic carbocycles. The number of carbonyl (C=O) groups excluding carboxylic acids is 1. The third-order valence-electron chi connectivity index (χ3n) is 3.70. The number of thioether (sulfide) groups is 1. The number of aromatic nitrogens is 2. The minimum atomic E-state index is -0.311. The maximum absolute atomic E-state index is 12.5. The fourth-order valence-electron chi connectivity index (χ4n) is 2.43. The molecule has 1 unspecified atom stereocenters. The van der Waals surface area contributed by atoms with Crippen molar-refractivity contribution in [3.8, 4) is 0 Å². The van der Waals surface area contributed by atoms with Gasteiger partial charge in [-0.05, 0) is 18.6 Å². The Bertz CT molecular complexity index is 689. The molecule has 1 amide bonds. The highest BCUT2D eigenvalue weighted by atomic mass is 32.2. The number of hydrogen-bond acceptors (Lipinski definition) is 6. The van der Waals surface area contributed by atoms with Crippen LogP contribution in [-0.2, 0) is 9.53 Å². The summed E-state index contributed by atoms with van der Waals surface area (Å²) in [6, 6.07) is 8.08. The molecule has 0 saturated carbocycles. The number of hydrogen-bond donors (Lipinski definition) is 0. The Morgan fingerprint density at radius 1 is 1.39 bits per heavy atom. The van der Waals surface area contributed by atoms with Crippen LogP contribution in [0.3, 0.4) is 0 Å². The molecule has 122 valence electrons. The fourth-order valence-corrected chi connectivity index (χ4v) is 3.36. The zero-order valence-corrected chi connectivity index (χ0v) is 14.0. The number of aryl methyl sites for hydroxylation is 2. The van der Waals surface area contributed by atoms with Crippen LogP contribution in [0.15, 0.2) is 33.7 Å². The predicted octanol–water partition coefficient (Wildman–Crippen LogP) is 2.38. The second-order valence-corrected chi connectivity index (χ2v) is 6.44. The van der Waals surface area contributed by atoms with E-state index in [4.69, 9.17) is 9.26 Å². The van der Waals surface area contributed by atoms with Gasteiger partial charge in [-0.15, -0.1) is 11.8 Å². The van der Waals surface area contributed by atoms with Gasteiger partial charge in [0, 0.05) is 18.4 Å². The average Bonchev–Trinajstić information content (AvgIpc) is 3.00. The first-order valence-electron chi connectivity index (χ1n) is 7.51. The summed E-state index contributed by atoms with van der Waals surface area (Å²) in [7, 11) is 0. The lowest BCUT2D eigenvalue weighted by Gasteiger charge is -2.31. The van der Waals surface area contributed by atoms with Crippen molar-refractivity contribution < 1.29 is 14.1 Å². The maximum atomic E-state index is 12.5. The van der Waals surface area contributed by atoms with E-state index in [2.05, 4.69) is 23.1 Å². The van der Waals surface area contributed by atoms with Crippen molar-refractivity contribution in [2.75, 3.05) is 25.4 Å². The van der Waals surface area contributed by atoms with Crippen molar-refractivity contribution in [3.05, 3.63) is 41.5 Å². The van der Waals surface area contributed by atoms with Crippen LogP contribution in [0.5, 0.6) is 0 Å². The van der Waals surface area contributed by atoms with Crippen molar-refractivity contribution in [1.82, 2.24) is 15.0 Å². The number of ether oxygens (including phenoxy) is 1. The first-order valence-corrected chi connectivity index (χ1v) is 8.50. The smallest absolute Gasteiger partial charge is 0.233 e. The van der Waals surface area contributed by atoms with Crippen LogP contribution in [-0.4, -0.2) is 46.4 Å². The number of amides is 1. The summed E-state index contributed by atoms with van der Waals surface area (Å²) in [6.07, 6.45) is -0.311. The monoisotopic (exact) mass is 333 g/mol. The Labute approximate surface area is 139 Å². The second-order valence-electron chi connectivity index (χ2n) is 5.42. The van der Waals surface area contributed by atoms with Crippen LogP contribution in [0.25, 0.3) is 0 Å². The van der Waals surface area contributed by atoms with E-state index in [1.165, 1.54) is 5.56 Å². The summed E-state index contributed by atoms with van der Waals surface area (Å²) in [6.45, 7) is 5.34. The van der Waals surface area contributed by atoms with Gasteiger partial charge < -0.3 is 14.2 Å². The predicted molar refractivity (Wildman–Crippen MR) is 86.2 cm³/mol. The largest absolute Gasteiger partial charge is 0.366 e. The number of benzene rings is 1. The Morgan fingerprint density at radius 3 is 2.96 bits per heavy atom. The molecule has 1 fully saturated rings. The molecule has 1 aromatic carbocycles. The van der Waals surface area contributed by atoms with Gasteiger partial charge >= 0.3 is 0 Å². The molecule has 0 N–H and O–H groups in total. The van der Waals surface area contributed by atoms with Crippen molar-refractivity contribution in [2.24, 2.45) is 0 Å². The van der Waals surface area contributed by atoms with E-state index < -0.39 is 0 Å². The zero-order chi connectivity index (χ0) is 16.2. The molecule has 3 rings (SSSR count). The number of carbonyl (C=O) groups is 1. The highest BCUT2D eigenvalue weighted by molar-refractivity contribution is 8.00. The van der Waals surface area contributed by atoms with Gasteiger partial charge in [-0.2, -0.15) is 4.98 Å². The van der Waals surface area contributed by atoms with Crippen LogP contribution in [0.2, 0.25) is 0 Å². The molecule has 6 nitrogen and oxygen atoms in total. The zero-order valence-electron chi connectivity index (χ0n) is 13.2. The summed E-state index contributed by atoms with van der Waals surface area (Å²) in [4.78, 5) is 19.6. The number of nitrogens with zero attached hydrogens (tertiary/aromatic N) is 3. The molecule has 1 aliphatic rings. The van der Waals surface area contributed by atoms with Crippen LogP contribution in [0.4, 0.5) is 0 Å². The summed E-state index contributed by atoms with van der Waals surface area (Å²) in [5, 5.41) is 3.88. The molecule has 23 heavy (non-hydrogen) atoms. The maximum Gasteiger partial charge on any atom is 0.233 e. The summed E-state index contributed by atoms with van der Waals surface area (Å²) in [5.41, 5.74) is 1.19. The van der Waals surface area contributed by atoms with Gasteiger partial charge in [0.2, 0.25) is 17.6 Å². The second kappa shape index (κ2) is 7.14. The molecule has 0 radical (unpaired) electrons. The van der Waals surface area contributed by atoms with E-state index in [0.717, 1.165) is 4.90 Å². The molecule has 1 aliphatic heterocycles. The molecule has 0 bridgehead atoms. The van der Waals surface area contributed by atoms with Gasteiger partial charge in [0.1, 0.15) is 6.10 Å². The molecule has 1 atom stereocenters. The standard InChI is InChI=1S/C16H19N3O3S/c1-11-5-3-4-6-14(11)23-10-15(20)19-7-8-21-13(9-19)16-17-12(2)22-18-16/h3-6,13H,7-10H2,1-2H3. The number of rotatable bonds is 4. The minimum Gasteiger partial charge on any atom is -0.366 e.